The zero-order chi connectivity index (χ0) is 12.4. The van der Waals surface area contributed by atoms with Crippen molar-refractivity contribution >= 4 is 17.0 Å². The molecule has 0 aliphatic rings. The molecule has 2 aromatic rings. The van der Waals surface area contributed by atoms with Crippen molar-refractivity contribution in [2.75, 3.05) is 7.11 Å². The van der Waals surface area contributed by atoms with Crippen LogP contribution in [0.2, 0.25) is 0 Å². The quantitative estimate of drug-likeness (QED) is 0.603. The normalized spacial score (nSPS) is 11.2. The lowest BCUT2D eigenvalue weighted by molar-refractivity contribution is -0.401. The van der Waals surface area contributed by atoms with Gasteiger partial charge in [0.25, 0.3) is 0 Å². The predicted octanol–water partition coefficient (Wildman–Crippen LogP) is 3.00. The minimum absolute atomic E-state index is 0.491. The highest BCUT2D eigenvalue weighted by Gasteiger charge is 2.09. The van der Waals surface area contributed by atoms with Crippen molar-refractivity contribution in [2.24, 2.45) is 0 Å². The number of methoxy groups -OCH3 is 1. The molecule has 1 aromatic heterocycles. The summed E-state index contributed by atoms with van der Waals surface area (Å²) in [4.78, 5) is 9.74. The van der Waals surface area contributed by atoms with Crippen LogP contribution in [0, 0.1) is 17.0 Å². The van der Waals surface area contributed by atoms with Gasteiger partial charge in [-0.25, -0.2) is 0 Å². The molecule has 17 heavy (non-hydrogen) atoms. The highest BCUT2D eigenvalue weighted by molar-refractivity contribution is 5.85. The molecule has 0 unspecified atom stereocenters. The molecule has 0 N–H and O–H groups in total. The molecule has 1 aromatic carbocycles. The maximum Gasteiger partial charge on any atom is 0.238 e. The van der Waals surface area contributed by atoms with E-state index < -0.39 is 4.92 Å². The molecule has 0 fully saturated rings. The number of benzene rings is 1. The average molecular weight is 233 g/mol. The van der Waals surface area contributed by atoms with Crippen LogP contribution in [0.25, 0.3) is 17.0 Å². The second-order valence-corrected chi connectivity index (χ2v) is 3.55. The van der Waals surface area contributed by atoms with E-state index >= 15 is 0 Å². The Morgan fingerprint density at radius 3 is 2.88 bits per heavy atom. The third-order valence-corrected chi connectivity index (χ3v) is 2.53. The van der Waals surface area contributed by atoms with Crippen LogP contribution in [0.5, 0.6) is 5.75 Å². The van der Waals surface area contributed by atoms with E-state index in [1.165, 1.54) is 6.08 Å². The molecule has 1 heterocycles. The van der Waals surface area contributed by atoms with Crippen LogP contribution in [-0.4, -0.2) is 12.0 Å². The van der Waals surface area contributed by atoms with Crippen LogP contribution in [-0.2, 0) is 0 Å². The van der Waals surface area contributed by atoms with Crippen molar-refractivity contribution in [1.82, 2.24) is 0 Å². The molecule has 2 rings (SSSR count). The SMILES string of the molecule is COc1ccc2c(C)c(/C=C/[N+](=O)[O-])oc2c1. The van der Waals surface area contributed by atoms with E-state index in [9.17, 15) is 10.1 Å². The van der Waals surface area contributed by atoms with Crippen LogP contribution >= 0.6 is 0 Å². The van der Waals surface area contributed by atoms with Crippen molar-refractivity contribution in [3.8, 4) is 5.75 Å². The standard InChI is InChI=1S/C12H11NO4/c1-8-10-4-3-9(16-2)7-12(10)17-11(8)5-6-13(14)15/h3-7H,1-2H3/b6-5+. The highest BCUT2D eigenvalue weighted by Crippen LogP contribution is 2.29. The van der Waals surface area contributed by atoms with E-state index in [0.717, 1.165) is 17.1 Å². The Bertz CT molecular complexity index is 598. The summed E-state index contributed by atoms with van der Waals surface area (Å²) in [5, 5.41) is 11.2. The number of furan rings is 1. The van der Waals surface area contributed by atoms with Crippen molar-refractivity contribution < 1.29 is 14.1 Å². The molecule has 0 bridgehead atoms. The van der Waals surface area contributed by atoms with Gasteiger partial charge in [-0.05, 0) is 19.1 Å². The Kier molecular flexibility index (Phi) is 2.82. The number of hydrogen-bond acceptors (Lipinski definition) is 4. The van der Waals surface area contributed by atoms with Gasteiger partial charge in [0.15, 0.2) is 0 Å². The van der Waals surface area contributed by atoms with Crippen LogP contribution in [0.15, 0.2) is 28.8 Å². The second-order valence-electron chi connectivity index (χ2n) is 3.55. The fourth-order valence-corrected chi connectivity index (χ4v) is 1.64. The third-order valence-electron chi connectivity index (χ3n) is 2.53. The van der Waals surface area contributed by atoms with E-state index in [0.29, 0.717) is 17.1 Å². The summed E-state index contributed by atoms with van der Waals surface area (Å²) in [7, 11) is 1.57. The minimum atomic E-state index is -0.521. The lowest BCUT2D eigenvalue weighted by Crippen LogP contribution is -1.82. The zero-order valence-electron chi connectivity index (χ0n) is 9.47. The molecule has 0 aliphatic heterocycles. The predicted molar refractivity (Wildman–Crippen MR) is 63.5 cm³/mol. The minimum Gasteiger partial charge on any atom is -0.497 e. The fraction of sp³-hybridized carbons (Fsp3) is 0.167. The van der Waals surface area contributed by atoms with Gasteiger partial charge in [0.1, 0.15) is 17.1 Å². The van der Waals surface area contributed by atoms with E-state index in [1.807, 2.05) is 19.1 Å². The van der Waals surface area contributed by atoms with Gasteiger partial charge >= 0.3 is 0 Å². The fourth-order valence-electron chi connectivity index (χ4n) is 1.64. The lowest BCUT2D eigenvalue weighted by Gasteiger charge is -1.97. The number of rotatable bonds is 3. The van der Waals surface area contributed by atoms with Crippen LogP contribution < -0.4 is 4.74 Å². The molecular formula is C12H11NO4. The molecule has 0 spiro atoms. The number of ether oxygens (including phenoxy) is 1. The van der Waals surface area contributed by atoms with Gasteiger partial charge < -0.3 is 9.15 Å². The van der Waals surface area contributed by atoms with Crippen molar-refractivity contribution in [2.45, 2.75) is 6.92 Å². The largest absolute Gasteiger partial charge is 0.497 e. The molecule has 88 valence electrons. The number of nitrogens with zero attached hydrogens (tertiary/aromatic N) is 1. The Labute approximate surface area is 97.4 Å². The van der Waals surface area contributed by atoms with Crippen LogP contribution in [0.1, 0.15) is 11.3 Å². The molecule has 0 saturated carbocycles. The molecule has 0 radical (unpaired) electrons. The second kappa shape index (κ2) is 4.29. The summed E-state index contributed by atoms with van der Waals surface area (Å²) >= 11 is 0. The van der Waals surface area contributed by atoms with E-state index in [-0.39, 0.29) is 0 Å². The van der Waals surface area contributed by atoms with Crippen molar-refractivity contribution in [3.05, 3.63) is 45.8 Å². The monoisotopic (exact) mass is 233 g/mol. The average Bonchev–Trinajstić information content (AvgIpc) is 2.63. The van der Waals surface area contributed by atoms with Gasteiger partial charge in [-0.15, -0.1) is 0 Å². The van der Waals surface area contributed by atoms with E-state index in [1.54, 1.807) is 13.2 Å². The summed E-state index contributed by atoms with van der Waals surface area (Å²) in [6.07, 6.45) is 2.21. The van der Waals surface area contributed by atoms with Crippen LogP contribution in [0.4, 0.5) is 0 Å². The Morgan fingerprint density at radius 1 is 1.47 bits per heavy atom. The van der Waals surface area contributed by atoms with Gasteiger partial charge in [-0.2, -0.15) is 0 Å². The van der Waals surface area contributed by atoms with E-state index in [4.69, 9.17) is 9.15 Å². The smallest absolute Gasteiger partial charge is 0.238 e. The zero-order valence-corrected chi connectivity index (χ0v) is 9.47. The van der Waals surface area contributed by atoms with Crippen LogP contribution in [0.3, 0.4) is 0 Å². The summed E-state index contributed by atoms with van der Waals surface area (Å²) in [5.74, 6) is 1.18. The molecule has 0 atom stereocenters. The summed E-state index contributed by atoms with van der Waals surface area (Å²) in [6.45, 7) is 1.86. The summed E-state index contributed by atoms with van der Waals surface area (Å²) < 4.78 is 10.6. The molecule has 5 nitrogen and oxygen atoms in total. The number of hydrogen-bond donors (Lipinski definition) is 0. The lowest BCUT2D eigenvalue weighted by atomic mass is 10.1. The van der Waals surface area contributed by atoms with Gasteiger partial charge in [-0.3, -0.25) is 10.1 Å². The van der Waals surface area contributed by atoms with Crippen molar-refractivity contribution in [1.29, 1.82) is 0 Å². The van der Waals surface area contributed by atoms with Gasteiger partial charge in [0.2, 0.25) is 6.20 Å². The molecule has 5 heteroatoms. The molecule has 0 saturated heterocycles. The van der Waals surface area contributed by atoms with Gasteiger partial charge in [0, 0.05) is 17.0 Å². The maximum atomic E-state index is 10.3. The first kappa shape index (κ1) is 11.2. The Morgan fingerprint density at radius 2 is 2.24 bits per heavy atom. The summed E-state index contributed by atoms with van der Waals surface area (Å²) in [5.41, 5.74) is 1.53. The first-order valence-electron chi connectivity index (χ1n) is 5.00. The maximum absolute atomic E-state index is 10.3. The van der Waals surface area contributed by atoms with Crippen molar-refractivity contribution in [3.63, 3.8) is 0 Å². The highest BCUT2D eigenvalue weighted by atomic mass is 16.6. The number of aryl methyl sites for hydroxylation is 1. The molecule has 0 aliphatic carbocycles. The third kappa shape index (κ3) is 2.13. The number of fused-ring (bicyclic) bond motifs is 1. The summed E-state index contributed by atoms with van der Waals surface area (Å²) in [6, 6.07) is 5.45. The first-order chi connectivity index (χ1) is 8.11. The molecular weight excluding hydrogens is 222 g/mol. The Balaban J connectivity index is 2.52. The topological polar surface area (TPSA) is 65.5 Å². The van der Waals surface area contributed by atoms with E-state index in [2.05, 4.69) is 0 Å². The number of nitro groups is 1. The Hall–Kier alpha value is -2.30. The first-order valence-corrected chi connectivity index (χ1v) is 5.00. The van der Waals surface area contributed by atoms with Gasteiger partial charge in [-0.1, -0.05) is 0 Å². The molecule has 0 amide bonds. The van der Waals surface area contributed by atoms with Gasteiger partial charge in [0.05, 0.1) is 18.1 Å².